The number of nitrogen functional groups attached to an aromatic ring is 1. The molecule has 1 aromatic heterocycles. The summed E-state index contributed by atoms with van der Waals surface area (Å²) < 4.78 is 6.33. The minimum absolute atomic E-state index is 0.438. The van der Waals surface area contributed by atoms with Crippen LogP contribution in [0.2, 0.25) is 0 Å². The van der Waals surface area contributed by atoms with Gasteiger partial charge in [0.2, 0.25) is 5.82 Å². The molecule has 0 aliphatic carbocycles. The summed E-state index contributed by atoms with van der Waals surface area (Å²) in [4.78, 5) is 4.48. The Morgan fingerprint density at radius 3 is 2.67 bits per heavy atom. The number of halogens is 1. The molecular weight excluding hydrogens is 330 g/mol. The van der Waals surface area contributed by atoms with Gasteiger partial charge in [0.1, 0.15) is 0 Å². The quantitative estimate of drug-likeness (QED) is 0.702. The third-order valence-corrected chi connectivity index (χ3v) is 3.97. The van der Waals surface area contributed by atoms with Gasteiger partial charge in [-0.05, 0) is 43.2 Å². The number of aryl methyl sites for hydroxylation is 2. The first-order chi connectivity index (χ1) is 10.1. The van der Waals surface area contributed by atoms with Gasteiger partial charge in [-0.1, -0.05) is 39.3 Å². The number of nitrogens with two attached hydrogens (primary N) is 1. The van der Waals surface area contributed by atoms with E-state index in [1.807, 2.05) is 50.2 Å². The third-order valence-electron chi connectivity index (χ3n) is 3.31. The maximum atomic E-state index is 6.01. The van der Waals surface area contributed by atoms with Crippen molar-refractivity contribution in [1.82, 2.24) is 10.1 Å². The van der Waals surface area contributed by atoms with Gasteiger partial charge in [-0.3, -0.25) is 0 Å². The Morgan fingerprint density at radius 1 is 1.14 bits per heavy atom. The first-order valence-electron chi connectivity index (χ1n) is 6.52. The molecule has 0 saturated carbocycles. The van der Waals surface area contributed by atoms with Crippen molar-refractivity contribution in [2.75, 3.05) is 5.73 Å². The summed E-state index contributed by atoms with van der Waals surface area (Å²) in [7, 11) is 0. The van der Waals surface area contributed by atoms with Gasteiger partial charge in [-0.25, -0.2) is 0 Å². The molecule has 0 amide bonds. The highest BCUT2D eigenvalue weighted by molar-refractivity contribution is 9.10. The lowest BCUT2D eigenvalue weighted by molar-refractivity contribution is 0.432. The van der Waals surface area contributed by atoms with Crippen molar-refractivity contribution in [2.45, 2.75) is 13.8 Å². The van der Waals surface area contributed by atoms with Crippen molar-refractivity contribution >= 4 is 21.6 Å². The summed E-state index contributed by atoms with van der Waals surface area (Å²) in [6.45, 7) is 4.00. The Kier molecular flexibility index (Phi) is 3.51. The van der Waals surface area contributed by atoms with Crippen LogP contribution in [0.1, 0.15) is 11.1 Å². The predicted molar refractivity (Wildman–Crippen MR) is 86.8 cm³/mol. The molecule has 5 heteroatoms. The number of aromatic nitrogens is 2. The first-order valence-corrected chi connectivity index (χ1v) is 7.31. The predicted octanol–water partition coefficient (Wildman–Crippen LogP) is 4.37. The first kappa shape index (κ1) is 13.8. The van der Waals surface area contributed by atoms with Crippen molar-refractivity contribution < 1.29 is 4.52 Å². The average Bonchev–Trinajstić information content (AvgIpc) is 2.87. The van der Waals surface area contributed by atoms with Crippen LogP contribution in [-0.4, -0.2) is 10.1 Å². The number of benzene rings is 2. The second-order valence-corrected chi connectivity index (χ2v) is 5.80. The van der Waals surface area contributed by atoms with E-state index < -0.39 is 0 Å². The van der Waals surface area contributed by atoms with Gasteiger partial charge in [-0.15, -0.1) is 0 Å². The number of nitrogens with zero attached hydrogens (tertiary/aromatic N) is 2. The van der Waals surface area contributed by atoms with Crippen LogP contribution >= 0.6 is 15.9 Å². The van der Waals surface area contributed by atoms with Crippen LogP contribution in [0.3, 0.4) is 0 Å². The van der Waals surface area contributed by atoms with Crippen molar-refractivity contribution in [2.24, 2.45) is 0 Å². The molecule has 0 aliphatic rings. The average molecular weight is 344 g/mol. The lowest BCUT2D eigenvalue weighted by Gasteiger charge is -2.03. The Hall–Kier alpha value is -2.14. The van der Waals surface area contributed by atoms with Crippen molar-refractivity contribution in [3.05, 3.63) is 52.0 Å². The Labute approximate surface area is 131 Å². The molecule has 0 radical (unpaired) electrons. The minimum atomic E-state index is 0.438. The Balaban J connectivity index is 2.08. The number of hydrogen-bond donors (Lipinski definition) is 1. The molecule has 4 nitrogen and oxygen atoms in total. The highest BCUT2D eigenvalue weighted by Gasteiger charge is 2.16. The summed E-state index contributed by atoms with van der Waals surface area (Å²) >= 11 is 3.53. The normalized spacial score (nSPS) is 10.8. The molecule has 0 fully saturated rings. The van der Waals surface area contributed by atoms with Crippen LogP contribution in [0.5, 0.6) is 0 Å². The van der Waals surface area contributed by atoms with Crippen molar-refractivity contribution in [3.63, 3.8) is 0 Å². The van der Waals surface area contributed by atoms with E-state index in [4.69, 9.17) is 10.3 Å². The molecule has 0 unspecified atom stereocenters. The topological polar surface area (TPSA) is 64.9 Å². The molecule has 0 saturated heterocycles. The smallest absolute Gasteiger partial charge is 0.260 e. The van der Waals surface area contributed by atoms with Crippen LogP contribution in [0.4, 0.5) is 5.69 Å². The van der Waals surface area contributed by atoms with E-state index in [1.54, 1.807) is 0 Å². The second-order valence-electron chi connectivity index (χ2n) is 4.95. The highest BCUT2D eigenvalue weighted by Crippen LogP contribution is 2.32. The van der Waals surface area contributed by atoms with E-state index in [-0.39, 0.29) is 0 Å². The zero-order chi connectivity index (χ0) is 15.0. The van der Waals surface area contributed by atoms with Gasteiger partial charge in [0.05, 0.1) is 5.56 Å². The summed E-state index contributed by atoms with van der Waals surface area (Å²) in [5.41, 5.74) is 10.5. The summed E-state index contributed by atoms with van der Waals surface area (Å²) in [6, 6.07) is 11.7. The fourth-order valence-electron chi connectivity index (χ4n) is 2.22. The SMILES string of the molecule is Cc1ccc(-c2noc(-c3c(C)cccc3N)n2)c(Br)c1. The van der Waals surface area contributed by atoms with Crippen LogP contribution in [0.25, 0.3) is 22.8 Å². The second kappa shape index (κ2) is 5.33. The van der Waals surface area contributed by atoms with Crippen LogP contribution in [0, 0.1) is 13.8 Å². The van der Waals surface area contributed by atoms with E-state index in [2.05, 4.69) is 26.1 Å². The van der Waals surface area contributed by atoms with Crippen LogP contribution in [-0.2, 0) is 0 Å². The van der Waals surface area contributed by atoms with Gasteiger partial charge in [0.25, 0.3) is 5.89 Å². The highest BCUT2D eigenvalue weighted by atomic mass is 79.9. The zero-order valence-electron chi connectivity index (χ0n) is 11.7. The molecule has 106 valence electrons. The van der Waals surface area contributed by atoms with E-state index in [0.29, 0.717) is 17.4 Å². The molecule has 0 spiro atoms. The summed E-state index contributed by atoms with van der Waals surface area (Å²) in [5, 5.41) is 4.06. The Morgan fingerprint density at radius 2 is 1.95 bits per heavy atom. The number of hydrogen-bond acceptors (Lipinski definition) is 4. The van der Waals surface area contributed by atoms with Gasteiger partial charge in [0, 0.05) is 15.7 Å². The maximum Gasteiger partial charge on any atom is 0.260 e. The lowest BCUT2D eigenvalue weighted by Crippen LogP contribution is -1.93. The molecule has 21 heavy (non-hydrogen) atoms. The van der Waals surface area contributed by atoms with Gasteiger partial charge in [-0.2, -0.15) is 4.98 Å². The van der Waals surface area contributed by atoms with Gasteiger partial charge in [0.15, 0.2) is 0 Å². The van der Waals surface area contributed by atoms with Crippen molar-refractivity contribution in [3.8, 4) is 22.8 Å². The lowest BCUT2D eigenvalue weighted by atomic mass is 10.1. The number of rotatable bonds is 2. The fourth-order valence-corrected chi connectivity index (χ4v) is 2.89. The monoisotopic (exact) mass is 343 g/mol. The molecule has 3 aromatic rings. The van der Waals surface area contributed by atoms with Crippen LogP contribution < -0.4 is 5.73 Å². The van der Waals surface area contributed by atoms with E-state index in [9.17, 15) is 0 Å². The van der Waals surface area contributed by atoms with E-state index in [1.165, 1.54) is 0 Å². The maximum absolute atomic E-state index is 6.01. The van der Waals surface area contributed by atoms with Crippen molar-refractivity contribution in [1.29, 1.82) is 0 Å². The molecule has 3 rings (SSSR count). The van der Waals surface area contributed by atoms with E-state index >= 15 is 0 Å². The molecular formula is C16H14BrN3O. The van der Waals surface area contributed by atoms with Crippen LogP contribution in [0.15, 0.2) is 45.4 Å². The molecule has 0 atom stereocenters. The van der Waals surface area contributed by atoms with Gasteiger partial charge < -0.3 is 10.3 Å². The zero-order valence-corrected chi connectivity index (χ0v) is 13.3. The third kappa shape index (κ3) is 2.56. The minimum Gasteiger partial charge on any atom is -0.398 e. The number of anilines is 1. The standard InChI is InChI=1S/C16H14BrN3O/c1-9-6-7-11(12(17)8-9)15-19-16(21-20-15)14-10(2)4-3-5-13(14)18/h3-8H,18H2,1-2H3. The molecule has 1 heterocycles. The largest absolute Gasteiger partial charge is 0.398 e. The summed E-state index contributed by atoms with van der Waals surface area (Å²) in [6.07, 6.45) is 0. The molecule has 2 aromatic carbocycles. The summed E-state index contributed by atoms with van der Waals surface area (Å²) in [5.74, 6) is 0.979. The molecule has 0 aliphatic heterocycles. The molecule has 2 N–H and O–H groups in total. The van der Waals surface area contributed by atoms with Gasteiger partial charge >= 0.3 is 0 Å². The molecule has 0 bridgehead atoms. The van der Waals surface area contributed by atoms with E-state index in [0.717, 1.165) is 26.7 Å². The Bertz CT molecular complexity index is 791. The fraction of sp³-hybridized carbons (Fsp3) is 0.125.